The minimum Gasteiger partial charge on any atom is -0.474 e. The van der Waals surface area contributed by atoms with Crippen molar-refractivity contribution in [1.82, 2.24) is 14.8 Å². The van der Waals surface area contributed by atoms with E-state index in [9.17, 15) is 8.42 Å². The summed E-state index contributed by atoms with van der Waals surface area (Å²) < 4.78 is 34.9. The van der Waals surface area contributed by atoms with Crippen molar-refractivity contribution >= 4 is 15.8 Å². The molecule has 0 amide bonds. The summed E-state index contributed by atoms with van der Waals surface area (Å²) >= 11 is 0. The molecule has 0 aliphatic heterocycles. The van der Waals surface area contributed by atoms with Gasteiger partial charge in [-0.05, 0) is 24.6 Å². The molecule has 2 heterocycles. The number of aromatic nitrogens is 3. The third-order valence-corrected chi connectivity index (χ3v) is 5.08. The molecule has 27 heavy (non-hydrogen) atoms. The molecule has 0 radical (unpaired) electrons. The van der Waals surface area contributed by atoms with Crippen LogP contribution >= 0.6 is 0 Å². The zero-order valence-corrected chi connectivity index (χ0v) is 15.8. The predicted molar refractivity (Wildman–Crippen MR) is 101 cm³/mol. The van der Waals surface area contributed by atoms with Crippen LogP contribution in [-0.2, 0) is 17.1 Å². The van der Waals surface area contributed by atoms with Gasteiger partial charge in [0.05, 0.1) is 12.2 Å². The molecule has 2 aromatic heterocycles. The molecule has 0 atom stereocenters. The molecule has 0 aliphatic carbocycles. The molecular weight excluding hydrogens is 368 g/mol. The normalized spacial score (nSPS) is 11.4. The predicted octanol–water partition coefficient (Wildman–Crippen LogP) is 1.96. The summed E-state index contributed by atoms with van der Waals surface area (Å²) in [6.45, 7) is 1.82. The van der Waals surface area contributed by atoms with Crippen molar-refractivity contribution in [3.8, 4) is 17.0 Å². The average molecular weight is 388 g/mol. The third kappa shape index (κ3) is 4.09. The lowest BCUT2D eigenvalue weighted by Gasteiger charge is -2.11. The van der Waals surface area contributed by atoms with Crippen LogP contribution in [0.2, 0.25) is 0 Å². The van der Waals surface area contributed by atoms with Crippen LogP contribution in [0.25, 0.3) is 11.1 Å². The van der Waals surface area contributed by atoms with E-state index in [0.29, 0.717) is 5.56 Å². The fraction of sp³-hybridized carbons (Fsp3) is 0.222. The topological polar surface area (TPSA) is 106 Å². The first-order chi connectivity index (χ1) is 12.9. The quantitative estimate of drug-likeness (QED) is 0.641. The van der Waals surface area contributed by atoms with Crippen LogP contribution in [0.15, 0.2) is 53.7 Å². The molecule has 0 spiro atoms. The summed E-state index contributed by atoms with van der Waals surface area (Å²) in [6.07, 6.45) is 1.41. The Hall–Kier alpha value is -2.91. The highest BCUT2D eigenvalue weighted by Crippen LogP contribution is 2.37. The van der Waals surface area contributed by atoms with Gasteiger partial charge in [-0.2, -0.15) is 8.42 Å². The number of pyridine rings is 1. The number of hydrogen-bond acceptors (Lipinski definition) is 6. The standard InChI is InChI=1S/C18H20N4O4S/c1-13-6-8-14(9-7-13)16-17(22(2)20-18(16)26-12-11-23)21-27(24,25)15-5-3-4-10-19-15/h3-10,21,23H,11-12H2,1-2H3. The molecule has 0 unspecified atom stereocenters. The van der Waals surface area contributed by atoms with Crippen LogP contribution in [0.1, 0.15) is 5.56 Å². The Kier molecular flexibility index (Phi) is 5.43. The van der Waals surface area contributed by atoms with Crippen molar-refractivity contribution in [2.45, 2.75) is 11.9 Å². The Morgan fingerprint density at radius 2 is 1.93 bits per heavy atom. The van der Waals surface area contributed by atoms with Crippen molar-refractivity contribution in [3.63, 3.8) is 0 Å². The molecule has 9 heteroatoms. The molecule has 3 aromatic rings. The van der Waals surface area contributed by atoms with Crippen LogP contribution in [0.3, 0.4) is 0 Å². The molecule has 3 rings (SSSR count). The van der Waals surface area contributed by atoms with E-state index in [1.165, 1.54) is 16.9 Å². The average Bonchev–Trinajstić information content (AvgIpc) is 2.96. The van der Waals surface area contributed by atoms with Gasteiger partial charge in [0, 0.05) is 13.2 Å². The molecule has 2 N–H and O–H groups in total. The number of aliphatic hydroxyl groups excluding tert-OH is 1. The molecule has 0 saturated heterocycles. The minimum atomic E-state index is -3.91. The van der Waals surface area contributed by atoms with Crippen molar-refractivity contribution in [2.75, 3.05) is 17.9 Å². The lowest BCUT2D eigenvalue weighted by atomic mass is 10.1. The first-order valence-corrected chi connectivity index (χ1v) is 9.72. The lowest BCUT2D eigenvalue weighted by Crippen LogP contribution is -2.17. The number of rotatable bonds is 7. The second-order valence-electron chi connectivity index (χ2n) is 5.86. The Morgan fingerprint density at radius 1 is 1.19 bits per heavy atom. The zero-order chi connectivity index (χ0) is 19.4. The zero-order valence-electron chi connectivity index (χ0n) is 15.0. The highest BCUT2D eigenvalue weighted by molar-refractivity contribution is 7.92. The molecule has 0 bridgehead atoms. The van der Waals surface area contributed by atoms with Crippen LogP contribution in [0.4, 0.5) is 5.82 Å². The van der Waals surface area contributed by atoms with E-state index in [0.717, 1.165) is 11.1 Å². The first kappa shape index (κ1) is 18.9. The Balaban J connectivity index is 2.09. The van der Waals surface area contributed by atoms with Gasteiger partial charge >= 0.3 is 0 Å². The number of benzene rings is 1. The van der Waals surface area contributed by atoms with E-state index in [-0.39, 0.29) is 29.9 Å². The van der Waals surface area contributed by atoms with E-state index in [4.69, 9.17) is 9.84 Å². The molecule has 0 fully saturated rings. The van der Waals surface area contributed by atoms with E-state index in [1.54, 1.807) is 19.2 Å². The lowest BCUT2D eigenvalue weighted by molar-refractivity contribution is 0.196. The molecule has 0 saturated carbocycles. The van der Waals surface area contributed by atoms with Crippen molar-refractivity contribution in [3.05, 3.63) is 54.2 Å². The number of hydrogen-bond donors (Lipinski definition) is 2. The van der Waals surface area contributed by atoms with Gasteiger partial charge in [0.25, 0.3) is 10.0 Å². The van der Waals surface area contributed by atoms with Crippen LogP contribution in [0, 0.1) is 6.92 Å². The number of nitrogens with zero attached hydrogens (tertiary/aromatic N) is 3. The molecule has 8 nitrogen and oxygen atoms in total. The largest absolute Gasteiger partial charge is 0.474 e. The Bertz CT molecular complexity index is 1020. The minimum absolute atomic E-state index is 0.0440. The number of nitrogens with one attached hydrogen (secondary N) is 1. The summed E-state index contributed by atoms with van der Waals surface area (Å²) in [6, 6.07) is 12.2. The van der Waals surface area contributed by atoms with E-state index < -0.39 is 10.0 Å². The molecule has 1 aromatic carbocycles. The van der Waals surface area contributed by atoms with Crippen LogP contribution < -0.4 is 9.46 Å². The van der Waals surface area contributed by atoms with Gasteiger partial charge in [0.15, 0.2) is 5.03 Å². The summed E-state index contributed by atoms with van der Waals surface area (Å²) in [4.78, 5) is 3.90. The van der Waals surface area contributed by atoms with Gasteiger partial charge < -0.3 is 9.84 Å². The SMILES string of the molecule is Cc1ccc(-c2c(OCCO)nn(C)c2NS(=O)(=O)c2ccccn2)cc1. The molecule has 142 valence electrons. The van der Waals surface area contributed by atoms with Crippen molar-refractivity contribution in [1.29, 1.82) is 0 Å². The summed E-state index contributed by atoms with van der Waals surface area (Å²) in [5.41, 5.74) is 2.29. The van der Waals surface area contributed by atoms with Gasteiger partial charge in [-0.25, -0.2) is 9.67 Å². The number of aliphatic hydroxyl groups is 1. The van der Waals surface area contributed by atoms with Crippen LogP contribution in [0.5, 0.6) is 5.88 Å². The highest BCUT2D eigenvalue weighted by atomic mass is 32.2. The highest BCUT2D eigenvalue weighted by Gasteiger charge is 2.25. The van der Waals surface area contributed by atoms with Gasteiger partial charge in [0.2, 0.25) is 5.88 Å². The number of ether oxygens (including phenoxy) is 1. The Labute approximate surface area is 157 Å². The van der Waals surface area contributed by atoms with Crippen LogP contribution in [-0.4, -0.2) is 41.5 Å². The van der Waals surface area contributed by atoms with Crippen molar-refractivity contribution in [2.24, 2.45) is 7.05 Å². The number of sulfonamides is 1. The summed E-state index contributed by atoms with van der Waals surface area (Å²) in [5.74, 6) is 0.478. The monoisotopic (exact) mass is 388 g/mol. The summed E-state index contributed by atoms with van der Waals surface area (Å²) in [7, 11) is -2.30. The van der Waals surface area contributed by atoms with E-state index >= 15 is 0 Å². The first-order valence-electron chi connectivity index (χ1n) is 8.24. The fourth-order valence-corrected chi connectivity index (χ4v) is 3.58. The second kappa shape index (κ2) is 7.77. The number of aryl methyl sites for hydroxylation is 2. The maximum atomic E-state index is 12.7. The number of anilines is 1. The van der Waals surface area contributed by atoms with Crippen molar-refractivity contribution < 1.29 is 18.3 Å². The molecule has 0 aliphatic rings. The van der Waals surface area contributed by atoms with Gasteiger partial charge in [-0.15, -0.1) is 5.10 Å². The second-order valence-corrected chi connectivity index (χ2v) is 7.49. The van der Waals surface area contributed by atoms with E-state index in [2.05, 4.69) is 14.8 Å². The van der Waals surface area contributed by atoms with Gasteiger partial charge in [-0.1, -0.05) is 35.9 Å². The van der Waals surface area contributed by atoms with Gasteiger partial charge in [-0.3, -0.25) is 4.72 Å². The maximum Gasteiger partial charge on any atom is 0.280 e. The summed E-state index contributed by atoms with van der Waals surface area (Å²) in [5, 5.41) is 13.2. The fourth-order valence-electron chi connectivity index (χ4n) is 2.53. The maximum absolute atomic E-state index is 12.7. The van der Waals surface area contributed by atoms with E-state index in [1.807, 2.05) is 31.2 Å². The van der Waals surface area contributed by atoms with Gasteiger partial charge in [0.1, 0.15) is 12.4 Å². The third-order valence-electron chi connectivity index (χ3n) is 3.83. The Morgan fingerprint density at radius 3 is 2.56 bits per heavy atom. The molecular formula is C18H20N4O4S. The smallest absolute Gasteiger partial charge is 0.280 e.